The molecule has 0 aromatic heterocycles. The molecule has 26 heavy (non-hydrogen) atoms. The third-order valence-electron chi connectivity index (χ3n) is 4.46. The minimum absolute atomic E-state index is 0.430. The molecule has 0 aliphatic carbocycles. The Morgan fingerprint density at radius 1 is 0.923 bits per heavy atom. The molecule has 0 aromatic rings. The van der Waals surface area contributed by atoms with Gasteiger partial charge >= 0.3 is 0 Å². The van der Waals surface area contributed by atoms with Crippen LogP contribution >= 0.6 is 12.2 Å². The van der Waals surface area contributed by atoms with E-state index in [4.69, 9.17) is 29.8 Å². The van der Waals surface area contributed by atoms with Crippen molar-refractivity contribution in [3.63, 3.8) is 0 Å². The Morgan fingerprint density at radius 3 is 2.04 bits per heavy atom. The maximum Gasteiger partial charge on any atom is 0.254 e. The molecule has 152 valence electrons. The fourth-order valence-electron chi connectivity index (χ4n) is 3.06. The fourth-order valence-corrected chi connectivity index (χ4v) is 3.17. The molecule has 2 saturated heterocycles. The summed E-state index contributed by atoms with van der Waals surface area (Å²) in [6.45, 7) is 0.429. The van der Waals surface area contributed by atoms with Crippen LogP contribution in [0.1, 0.15) is 6.92 Å². The quantitative estimate of drug-likeness (QED) is 0.222. The van der Waals surface area contributed by atoms with Crippen molar-refractivity contribution in [2.24, 2.45) is 5.73 Å². The molecule has 1 unspecified atom stereocenters. The Labute approximate surface area is 154 Å². The Kier molecular flexibility index (Phi) is 7.50. The third kappa shape index (κ3) is 4.42. The zero-order chi connectivity index (χ0) is 19.6. The van der Waals surface area contributed by atoms with Gasteiger partial charge in [-0.2, -0.15) is 0 Å². The van der Waals surface area contributed by atoms with E-state index in [1.54, 1.807) is 6.92 Å². The van der Waals surface area contributed by atoms with Gasteiger partial charge in [0.2, 0.25) is 0 Å². The minimum Gasteiger partial charge on any atom is -0.462 e. The maximum absolute atomic E-state index is 10.4. The predicted octanol–water partition coefficient (Wildman–Crippen LogP) is -4.06. The van der Waals surface area contributed by atoms with Crippen molar-refractivity contribution in [1.29, 1.82) is 0 Å². The first-order chi connectivity index (χ1) is 12.2. The second-order valence-corrected chi connectivity index (χ2v) is 6.65. The summed E-state index contributed by atoms with van der Waals surface area (Å²) in [6.07, 6.45) is -12.7. The van der Waals surface area contributed by atoms with Crippen LogP contribution in [-0.2, 0) is 18.9 Å². The Hall–Kier alpha value is -0.670. The fraction of sp³-hybridized carbons (Fsp3) is 0.929. The molecule has 2 rings (SSSR count). The van der Waals surface area contributed by atoms with Crippen LogP contribution in [0.4, 0.5) is 0 Å². The van der Waals surface area contributed by atoms with Crippen LogP contribution in [0.2, 0.25) is 0 Å². The number of hydrogen-bond donors (Lipinski definition) is 7. The van der Waals surface area contributed by atoms with Gasteiger partial charge in [-0.25, -0.2) is 0 Å². The molecule has 10 atom stereocenters. The summed E-state index contributed by atoms with van der Waals surface area (Å²) >= 11 is 4.61. The monoisotopic (exact) mass is 399 g/mol. The smallest absolute Gasteiger partial charge is 0.254 e. The molecule has 2 aliphatic heterocycles. The van der Waals surface area contributed by atoms with Crippen LogP contribution in [0.15, 0.2) is 0 Å². The molecule has 2 aliphatic rings. The molecule has 0 amide bonds. The molecule has 11 nitrogen and oxygen atoms in total. The first-order valence-corrected chi connectivity index (χ1v) is 8.48. The Bertz CT molecular complexity index is 485. The first kappa shape index (κ1) is 21.6. The van der Waals surface area contributed by atoms with Crippen molar-refractivity contribution in [2.45, 2.75) is 68.1 Å². The van der Waals surface area contributed by atoms with Gasteiger partial charge in [-0.1, -0.05) is 0 Å². The van der Waals surface area contributed by atoms with Gasteiger partial charge in [0.15, 0.2) is 12.4 Å². The van der Waals surface area contributed by atoms with E-state index in [0.717, 1.165) is 0 Å². The van der Waals surface area contributed by atoms with Crippen LogP contribution < -0.4 is 5.73 Å². The molecule has 8 N–H and O–H groups in total. The van der Waals surface area contributed by atoms with E-state index in [2.05, 4.69) is 12.2 Å². The first-order valence-electron chi connectivity index (χ1n) is 8.07. The maximum atomic E-state index is 10.4. The average molecular weight is 399 g/mol. The van der Waals surface area contributed by atoms with Crippen molar-refractivity contribution in [1.82, 2.24) is 0 Å². The Balaban J connectivity index is 2.14. The summed E-state index contributed by atoms with van der Waals surface area (Å²) in [4.78, 5) is 0. The van der Waals surface area contributed by atoms with Crippen molar-refractivity contribution in [3.8, 4) is 0 Å². The number of ether oxygens (including phenoxy) is 4. The van der Waals surface area contributed by atoms with E-state index >= 15 is 0 Å². The van der Waals surface area contributed by atoms with Gasteiger partial charge in [0, 0.05) is 0 Å². The van der Waals surface area contributed by atoms with Crippen LogP contribution in [0.25, 0.3) is 0 Å². The van der Waals surface area contributed by atoms with Gasteiger partial charge in [-0.05, 0) is 19.1 Å². The van der Waals surface area contributed by atoms with Crippen LogP contribution in [0.3, 0.4) is 0 Å². The normalized spacial score (nSPS) is 46.7. The number of hydrogen-bond acceptors (Lipinski definition) is 11. The number of thiocarbonyl (C=S) groups is 1. The Morgan fingerprint density at radius 2 is 1.50 bits per heavy atom. The minimum atomic E-state index is -1.57. The molecule has 0 radical (unpaired) electrons. The van der Waals surface area contributed by atoms with Crippen molar-refractivity contribution in [2.75, 3.05) is 13.2 Å². The molecule has 0 spiro atoms. The predicted molar refractivity (Wildman–Crippen MR) is 87.7 cm³/mol. The highest BCUT2D eigenvalue weighted by atomic mass is 32.1. The van der Waals surface area contributed by atoms with Gasteiger partial charge in [0.25, 0.3) is 5.17 Å². The van der Waals surface area contributed by atoms with E-state index in [1.165, 1.54) is 0 Å². The van der Waals surface area contributed by atoms with E-state index in [1.807, 2.05) is 0 Å². The molecule has 12 heteroatoms. The molecule has 2 fully saturated rings. The molecule has 0 bridgehead atoms. The average Bonchev–Trinajstić information content (AvgIpc) is 2.60. The lowest BCUT2D eigenvalue weighted by atomic mass is 9.95. The van der Waals surface area contributed by atoms with Gasteiger partial charge in [0.1, 0.15) is 42.7 Å². The van der Waals surface area contributed by atoms with Crippen LogP contribution in [0.5, 0.6) is 0 Å². The lowest BCUT2D eigenvalue weighted by Crippen LogP contribution is -2.64. The molecule has 0 aromatic carbocycles. The standard InChI is InChI=1S/C14H25NO10S/c1-4-11(9(20)7(18)5(2-16)22-4)24-13-10(21)12(25-14(15)26)8(19)6(3-17)23-13/h4-13,16-21H,2-3H2,1H3,(H2,15,26)/t4?,5-,6+,7+,8+,9-,10-,11+,12+,13+/m0/s1. The summed E-state index contributed by atoms with van der Waals surface area (Å²) in [5, 5.41) is 58.8. The highest BCUT2D eigenvalue weighted by molar-refractivity contribution is 7.80. The van der Waals surface area contributed by atoms with Crippen molar-refractivity contribution >= 4 is 17.4 Å². The lowest BCUT2D eigenvalue weighted by molar-refractivity contribution is -0.338. The third-order valence-corrected chi connectivity index (χ3v) is 4.56. The van der Waals surface area contributed by atoms with Gasteiger partial charge in [-0.3, -0.25) is 0 Å². The summed E-state index contributed by atoms with van der Waals surface area (Å²) in [6, 6.07) is 0. The van der Waals surface area contributed by atoms with E-state index < -0.39 is 79.6 Å². The summed E-state index contributed by atoms with van der Waals surface area (Å²) in [7, 11) is 0. The van der Waals surface area contributed by atoms with Crippen molar-refractivity contribution in [3.05, 3.63) is 0 Å². The van der Waals surface area contributed by atoms with Crippen molar-refractivity contribution < 1.29 is 49.6 Å². The summed E-state index contributed by atoms with van der Waals surface area (Å²) in [5.74, 6) is 0. The summed E-state index contributed by atoms with van der Waals surface area (Å²) in [5.41, 5.74) is 5.28. The lowest BCUT2D eigenvalue weighted by Gasteiger charge is -2.46. The number of aliphatic hydroxyl groups is 6. The zero-order valence-electron chi connectivity index (χ0n) is 14.0. The molecular formula is C14H25NO10S. The van der Waals surface area contributed by atoms with E-state index in [-0.39, 0.29) is 0 Å². The number of aliphatic hydroxyl groups excluding tert-OH is 6. The zero-order valence-corrected chi connectivity index (χ0v) is 14.8. The highest BCUT2D eigenvalue weighted by Gasteiger charge is 2.50. The van der Waals surface area contributed by atoms with Crippen LogP contribution in [0, 0.1) is 0 Å². The SMILES string of the molecule is CC1O[C@@H](CO)[C@@H](O)[C@H](O)[C@@H]1O[C@H]1O[C@H](CO)[C@@H](O)[C@@H](OC(N)=S)[C@@H]1O. The van der Waals surface area contributed by atoms with Gasteiger partial charge in [0.05, 0.1) is 19.3 Å². The number of rotatable bonds is 5. The van der Waals surface area contributed by atoms with Gasteiger partial charge < -0.3 is 55.3 Å². The van der Waals surface area contributed by atoms with E-state index in [0.29, 0.717) is 0 Å². The topological polar surface area (TPSA) is 184 Å². The highest BCUT2D eigenvalue weighted by Crippen LogP contribution is 2.29. The summed E-state index contributed by atoms with van der Waals surface area (Å²) < 4.78 is 21.3. The molecule has 0 saturated carbocycles. The largest absolute Gasteiger partial charge is 0.462 e. The molecular weight excluding hydrogens is 374 g/mol. The van der Waals surface area contributed by atoms with E-state index in [9.17, 15) is 25.5 Å². The second-order valence-electron chi connectivity index (χ2n) is 6.25. The van der Waals surface area contributed by atoms with Crippen LogP contribution in [-0.4, -0.2) is 110 Å². The molecule has 2 heterocycles. The number of nitrogens with two attached hydrogens (primary N) is 1. The second kappa shape index (κ2) is 9.01. The van der Waals surface area contributed by atoms with Gasteiger partial charge in [-0.15, -0.1) is 0 Å².